The van der Waals surface area contributed by atoms with Gasteiger partial charge in [0.2, 0.25) is 0 Å². The molecule has 0 saturated heterocycles. The normalized spacial score (nSPS) is 20.0. The molecule has 92 valence electrons. The van der Waals surface area contributed by atoms with Crippen molar-refractivity contribution in [1.82, 2.24) is 0 Å². The van der Waals surface area contributed by atoms with Gasteiger partial charge in [-0.1, -0.05) is 51.0 Å². The molecular formula is C16H22O. The van der Waals surface area contributed by atoms with Crippen LogP contribution in [0.25, 0.3) is 0 Å². The maximum Gasteiger partial charge on any atom is 0.140 e. The van der Waals surface area contributed by atoms with Gasteiger partial charge in [0.15, 0.2) is 0 Å². The van der Waals surface area contributed by atoms with E-state index >= 15 is 0 Å². The second-order valence-corrected chi connectivity index (χ2v) is 5.35. The summed E-state index contributed by atoms with van der Waals surface area (Å²) < 4.78 is 0. The molecule has 2 atom stereocenters. The lowest BCUT2D eigenvalue weighted by atomic mass is 9.89. The zero-order valence-corrected chi connectivity index (χ0v) is 10.9. The molecule has 0 heterocycles. The van der Waals surface area contributed by atoms with Gasteiger partial charge in [0.05, 0.1) is 0 Å². The Bertz CT molecular complexity index is 394. The molecule has 0 spiro atoms. The van der Waals surface area contributed by atoms with Crippen LogP contribution in [-0.2, 0) is 11.2 Å². The maximum absolute atomic E-state index is 12.3. The van der Waals surface area contributed by atoms with Gasteiger partial charge in [-0.2, -0.15) is 0 Å². The molecule has 0 N–H and O–H groups in total. The largest absolute Gasteiger partial charge is 0.299 e. The molecule has 1 heteroatoms. The van der Waals surface area contributed by atoms with Crippen molar-refractivity contribution >= 4 is 5.78 Å². The third-order valence-electron chi connectivity index (χ3n) is 3.85. The summed E-state index contributed by atoms with van der Waals surface area (Å²) in [5.41, 5.74) is 2.68. The van der Waals surface area contributed by atoms with Gasteiger partial charge in [-0.25, -0.2) is 0 Å². The van der Waals surface area contributed by atoms with Crippen molar-refractivity contribution in [2.75, 3.05) is 0 Å². The van der Waals surface area contributed by atoms with Crippen molar-refractivity contribution in [3.8, 4) is 0 Å². The monoisotopic (exact) mass is 230 g/mol. The number of rotatable bonds is 5. The number of hydrogen-bond acceptors (Lipinski definition) is 1. The summed E-state index contributed by atoms with van der Waals surface area (Å²) in [7, 11) is 0. The van der Waals surface area contributed by atoms with Crippen LogP contribution in [0, 0.1) is 5.92 Å². The first kappa shape index (κ1) is 12.3. The summed E-state index contributed by atoms with van der Waals surface area (Å²) in [5, 5.41) is 0. The SMILES string of the molecule is CCCC(C)CC(=O)C1CCc2ccccc21. The van der Waals surface area contributed by atoms with Crippen molar-refractivity contribution in [3.05, 3.63) is 35.4 Å². The summed E-state index contributed by atoms with van der Waals surface area (Å²) in [5.74, 6) is 1.18. The minimum atomic E-state index is 0.186. The molecule has 17 heavy (non-hydrogen) atoms. The molecule has 0 fully saturated rings. The molecule has 0 bridgehead atoms. The number of aryl methyl sites for hydroxylation is 1. The molecule has 0 saturated carbocycles. The maximum atomic E-state index is 12.3. The van der Waals surface area contributed by atoms with E-state index in [-0.39, 0.29) is 5.92 Å². The Morgan fingerprint density at radius 3 is 2.94 bits per heavy atom. The molecule has 2 rings (SSSR count). The lowest BCUT2D eigenvalue weighted by Crippen LogP contribution is -2.13. The molecule has 0 aliphatic heterocycles. The smallest absolute Gasteiger partial charge is 0.140 e. The molecule has 0 radical (unpaired) electrons. The highest BCUT2D eigenvalue weighted by molar-refractivity contribution is 5.87. The molecule has 2 unspecified atom stereocenters. The van der Waals surface area contributed by atoms with Crippen LogP contribution in [0.15, 0.2) is 24.3 Å². The first-order chi connectivity index (χ1) is 8.22. The van der Waals surface area contributed by atoms with Gasteiger partial charge in [-0.3, -0.25) is 4.79 Å². The van der Waals surface area contributed by atoms with Crippen LogP contribution in [0.1, 0.15) is 56.6 Å². The summed E-state index contributed by atoms with van der Waals surface area (Å²) in [4.78, 5) is 12.3. The molecular weight excluding hydrogens is 208 g/mol. The Hall–Kier alpha value is -1.11. The van der Waals surface area contributed by atoms with E-state index in [1.807, 2.05) is 0 Å². The van der Waals surface area contributed by atoms with Crippen molar-refractivity contribution in [1.29, 1.82) is 0 Å². The second kappa shape index (κ2) is 5.48. The molecule has 0 aromatic heterocycles. The van der Waals surface area contributed by atoms with E-state index < -0.39 is 0 Å². The fourth-order valence-electron chi connectivity index (χ4n) is 2.97. The Morgan fingerprint density at radius 2 is 2.18 bits per heavy atom. The lowest BCUT2D eigenvalue weighted by Gasteiger charge is -2.14. The average molecular weight is 230 g/mol. The average Bonchev–Trinajstić information content (AvgIpc) is 2.72. The van der Waals surface area contributed by atoms with Crippen molar-refractivity contribution in [2.45, 2.75) is 51.9 Å². The number of carbonyl (C=O) groups excluding carboxylic acids is 1. The Balaban J connectivity index is 2.02. The number of carbonyl (C=O) groups is 1. The topological polar surface area (TPSA) is 17.1 Å². The number of benzene rings is 1. The third-order valence-corrected chi connectivity index (χ3v) is 3.85. The highest BCUT2D eigenvalue weighted by Gasteiger charge is 2.28. The van der Waals surface area contributed by atoms with E-state index in [2.05, 4.69) is 38.1 Å². The van der Waals surface area contributed by atoms with E-state index in [9.17, 15) is 4.79 Å². The third kappa shape index (κ3) is 2.77. The molecule has 1 aliphatic rings. The zero-order valence-electron chi connectivity index (χ0n) is 10.9. The molecule has 1 aromatic rings. The first-order valence-electron chi connectivity index (χ1n) is 6.83. The van der Waals surface area contributed by atoms with Gasteiger partial charge in [0.1, 0.15) is 5.78 Å². The van der Waals surface area contributed by atoms with Crippen molar-refractivity contribution in [2.24, 2.45) is 5.92 Å². The predicted molar refractivity (Wildman–Crippen MR) is 71.2 cm³/mol. The van der Waals surface area contributed by atoms with E-state index in [0.29, 0.717) is 11.7 Å². The summed E-state index contributed by atoms with van der Waals surface area (Å²) >= 11 is 0. The number of hydrogen-bond donors (Lipinski definition) is 0. The van der Waals surface area contributed by atoms with E-state index in [1.165, 1.54) is 24.0 Å². The van der Waals surface area contributed by atoms with Gasteiger partial charge in [-0.15, -0.1) is 0 Å². The summed E-state index contributed by atoms with van der Waals surface area (Å²) in [6, 6.07) is 8.43. The highest BCUT2D eigenvalue weighted by atomic mass is 16.1. The molecule has 1 aromatic carbocycles. The van der Waals surface area contributed by atoms with Crippen molar-refractivity contribution in [3.63, 3.8) is 0 Å². The van der Waals surface area contributed by atoms with Crippen LogP contribution < -0.4 is 0 Å². The van der Waals surface area contributed by atoms with Gasteiger partial charge in [0.25, 0.3) is 0 Å². The van der Waals surface area contributed by atoms with Crippen LogP contribution in [0.2, 0.25) is 0 Å². The Labute approximate surface area is 104 Å². The standard InChI is InChI=1S/C16H22O/c1-3-6-12(2)11-16(17)15-10-9-13-7-4-5-8-14(13)15/h4-5,7-8,12,15H,3,6,9-11H2,1-2H3. The summed E-state index contributed by atoms with van der Waals surface area (Å²) in [6.45, 7) is 4.38. The van der Waals surface area contributed by atoms with E-state index in [4.69, 9.17) is 0 Å². The second-order valence-electron chi connectivity index (χ2n) is 5.35. The van der Waals surface area contributed by atoms with Crippen LogP contribution in [0.3, 0.4) is 0 Å². The van der Waals surface area contributed by atoms with Gasteiger partial charge >= 0.3 is 0 Å². The van der Waals surface area contributed by atoms with E-state index in [1.54, 1.807) is 0 Å². The minimum absolute atomic E-state index is 0.186. The predicted octanol–water partition coefficient (Wildman–Crippen LogP) is 4.11. The Kier molecular flexibility index (Phi) is 3.98. The number of Topliss-reactive ketones (excluding diaryl/α,β-unsaturated/α-hetero) is 1. The number of ketones is 1. The molecule has 1 nitrogen and oxygen atoms in total. The van der Waals surface area contributed by atoms with Gasteiger partial charge in [-0.05, 0) is 29.9 Å². The van der Waals surface area contributed by atoms with Crippen LogP contribution in [-0.4, -0.2) is 5.78 Å². The van der Waals surface area contributed by atoms with Gasteiger partial charge < -0.3 is 0 Å². The molecule has 1 aliphatic carbocycles. The highest BCUT2D eigenvalue weighted by Crippen LogP contribution is 2.35. The minimum Gasteiger partial charge on any atom is -0.299 e. The lowest BCUT2D eigenvalue weighted by molar-refractivity contribution is -0.121. The van der Waals surface area contributed by atoms with Crippen LogP contribution >= 0.6 is 0 Å². The van der Waals surface area contributed by atoms with E-state index in [0.717, 1.165) is 19.3 Å². The quantitative estimate of drug-likeness (QED) is 0.744. The van der Waals surface area contributed by atoms with Crippen LogP contribution in [0.5, 0.6) is 0 Å². The summed E-state index contributed by atoms with van der Waals surface area (Å²) in [6.07, 6.45) is 5.20. The van der Waals surface area contributed by atoms with Crippen molar-refractivity contribution < 1.29 is 4.79 Å². The van der Waals surface area contributed by atoms with Gasteiger partial charge in [0, 0.05) is 12.3 Å². The fourth-order valence-corrected chi connectivity index (χ4v) is 2.97. The fraction of sp³-hybridized carbons (Fsp3) is 0.562. The van der Waals surface area contributed by atoms with Crippen LogP contribution in [0.4, 0.5) is 0 Å². The zero-order chi connectivity index (χ0) is 12.3. The first-order valence-corrected chi connectivity index (χ1v) is 6.83. The Morgan fingerprint density at radius 1 is 1.41 bits per heavy atom. The number of fused-ring (bicyclic) bond motifs is 1. The molecule has 0 amide bonds.